The molecule has 2 aromatic carbocycles. The molecule has 0 aliphatic carbocycles. The van der Waals surface area contributed by atoms with Crippen molar-refractivity contribution < 1.29 is 14.3 Å². The summed E-state index contributed by atoms with van der Waals surface area (Å²) in [5.41, 5.74) is 3.98. The van der Waals surface area contributed by atoms with Gasteiger partial charge in [0, 0.05) is 24.6 Å². The molecule has 4 nitrogen and oxygen atoms in total. The Hall–Kier alpha value is -2.62. The third-order valence-corrected chi connectivity index (χ3v) is 4.61. The number of carbonyl (C=O) groups excluding carboxylic acids is 2. The number of likely N-dealkylation sites (tertiary alicyclic amines) is 1. The molecule has 3 rings (SSSR count). The van der Waals surface area contributed by atoms with E-state index in [1.165, 1.54) is 12.7 Å². The fourth-order valence-corrected chi connectivity index (χ4v) is 3.27. The smallest absolute Gasteiger partial charge is 0.338 e. The Bertz CT molecular complexity index is 754. The average molecular weight is 323 g/mol. The van der Waals surface area contributed by atoms with E-state index in [4.69, 9.17) is 4.74 Å². The number of esters is 1. The Morgan fingerprint density at radius 3 is 2.17 bits per heavy atom. The van der Waals surface area contributed by atoms with Crippen LogP contribution < -0.4 is 0 Å². The fourth-order valence-electron chi connectivity index (χ4n) is 3.27. The molecule has 1 aliphatic heterocycles. The normalized spacial score (nSPS) is 14.2. The number of hydrogen-bond acceptors (Lipinski definition) is 3. The highest BCUT2D eigenvalue weighted by Crippen LogP contribution is 2.29. The zero-order valence-corrected chi connectivity index (χ0v) is 14.2. The lowest BCUT2D eigenvalue weighted by atomic mass is 9.90. The summed E-state index contributed by atoms with van der Waals surface area (Å²) in [6.07, 6.45) is 0. The number of carbonyl (C=O) groups is 2. The van der Waals surface area contributed by atoms with Crippen LogP contribution in [0.15, 0.2) is 42.5 Å². The molecule has 0 aromatic heterocycles. The number of benzene rings is 2. The number of ether oxygens (including phenoxy) is 1. The van der Waals surface area contributed by atoms with Crippen molar-refractivity contribution in [3.8, 4) is 0 Å². The first kappa shape index (κ1) is 16.2. The lowest BCUT2D eigenvalue weighted by molar-refractivity contribution is 0.0587. The summed E-state index contributed by atoms with van der Waals surface area (Å²) in [7, 11) is 1.37. The van der Waals surface area contributed by atoms with Crippen molar-refractivity contribution in [1.29, 1.82) is 0 Å². The van der Waals surface area contributed by atoms with Gasteiger partial charge in [0.25, 0.3) is 5.91 Å². The van der Waals surface area contributed by atoms with Crippen molar-refractivity contribution in [2.45, 2.75) is 19.8 Å². The van der Waals surface area contributed by atoms with Crippen LogP contribution >= 0.6 is 0 Å². The van der Waals surface area contributed by atoms with Gasteiger partial charge in [-0.15, -0.1) is 0 Å². The second-order valence-corrected chi connectivity index (χ2v) is 6.29. The van der Waals surface area contributed by atoms with Gasteiger partial charge in [-0.3, -0.25) is 4.79 Å². The van der Waals surface area contributed by atoms with Gasteiger partial charge >= 0.3 is 5.97 Å². The lowest BCUT2D eigenvalue weighted by Gasteiger charge is -2.39. The Balaban J connectivity index is 1.74. The molecule has 0 bridgehead atoms. The van der Waals surface area contributed by atoms with Gasteiger partial charge in [0.15, 0.2) is 0 Å². The lowest BCUT2D eigenvalue weighted by Crippen LogP contribution is -2.48. The summed E-state index contributed by atoms with van der Waals surface area (Å²) < 4.78 is 4.81. The highest BCUT2D eigenvalue weighted by atomic mass is 16.5. The number of methoxy groups -OCH3 is 1. The van der Waals surface area contributed by atoms with Crippen molar-refractivity contribution in [3.05, 3.63) is 70.3 Å². The minimum Gasteiger partial charge on any atom is -0.465 e. The molecule has 0 unspecified atom stereocenters. The van der Waals surface area contributed by atoms with Gasteiger partial charge in [-0.25, -0.2) is 4.79 Å². The number of amides is 1. The molecule has 0 saturated carbocycles. The van der Waals surface area contributed by atoms with Gasteiger partial charge in [-0.1, -0.05) is 30.3 Å². The summed E-state index contributed by atoms with van der Waals surface area (Å²) in [4.78, 5) is 26.3. The van der Waals surface area contributed by atoms with Gasteiger partial charge in [-0.05, 0) is 42.7 Å². The van der Waals surface area contributed by atoms with Crippen molar-refractivity contribution in [2.75, 3.05) is 20.2 Å². The molecule has 0 spiro atoms. The van der Waals surface area contributed by atoms with E-state index >= 15 is 0 Å². The summed E-state index contributed by atoms with van der Waals surface area (Å²) in [6, 6.07) is 13.8. The van der Waals surface area contributed by atoms with Crippen LogP contribution in [0.1, 0.15) is 43.3 Å². The second-order valence-electron chi connectivity index (χ2n) is 6.29. The van der Waals surface area contributed by atoms with Gasteiger partial charge < -0.3 is 9.64 Å². The van der Waals surface area contributed by atoms with Gasteiger partial charge in [0.05, 0.1) is 12.7 Å². The van der Waals surface area contributed by atoms with Gasteiger partial charge in [0.2, 0.25) is 0 Å². The van der Waals surface area contributed by atoms with Crippen LogP contribution in [0.5, 0.6) is 0 Å². The number of aryl methyl sites for hydroxylation is 2. The van der Waals surface area contributed by atoms with Crippen molar-refractivity contribution in [3.63, 3.8) is 0 Å². The zero-order valence-electron chi connectivity index (χ0n) is 14.2. The van der Waals surface area contributed by atoms with E-state index in [9.17, 15) is 9.59 Å². The van der Waals surface area contributed by atoms with E-state index in [1.807, 2.05) is 36.9 Å². The predicted octanol–water partition coefficient (Wildman–Crippen LogP) is 3.33. The fraction of sp³-hybridized carbons (Fsp3) is 0.300. The molecule has 124 valence electrons. The van der Waals surface area contributed by atoms with Gasteiger partial charge in [-0.2, -0.15) is 0 Å². The first-order valence-corrected chi connectivity index (χ1v) is 8.05. The number of nitrogens with zero attached hydrogens (tertiary/aromatic N) is 1. The Morgan fingerprint density at radius 2 is 1.62 bits per heavy atom. The van der Waals surface area contributed by atoms with Gasteiger partial charge in [0.1, 0.15) is 0 Å². The molecule has 1 saturated heterocycles. The predicted molar refractivity (Wildman–Crippen MR) is 92.3 cm³/mol. The van der Waals surface area contributed by atoms with Crippen LogP contribution in [-0.2, 0) is 4.74 Å². The molecule has 1 heterocycles. The average Bonchev–Trinajstić information content (AvgIpc) is 2.53. The maximum atomic E-state index is 12.7. The molecule has 1 aliphatic rings. The standard InChI is InChI=1S/C20H21NO3/c1-13-9-16(10-14(2)18(13)20(23)24-3)19(22)21-11-17(12-21)15-7-5-4-6-8-15/h4-10,17H,11-12H2,1-3H3. The SMILES string of the molecule is COC(=O)c1c(C)cc(C(=O)N2CC(c3ccccc3)C2)cc1C. The molecule has 0 atom stereocenters. The van der Waals surface area contributed by atoms with Crippen LogP contribution in [0.25, 0.3) is 0 Å². The maximum absolute atomic E-state index is 12.7. The second kappa shape index (κ2) is 6.48. The Labute approximate surface area is 142 Å². The first-order valence-electron chi connectivity index (χ1n) is 8.05. The molecular formula is C20H21NO3. The minimum atomic E-state index is -0.364. The van der Waals surface area contributed by atoms with E-state index in [2.05, 4.69) is 12.1 Å². The zero-order chi connectivity index (χ0) is 17.3. The van der Waals surface area contributed by atoms with Crippen LogP contribution in [-0.4, -0.2) is 37.0 Å². The molecule has 1 amide bonds. The first-order chi connectivity index (χ1) is 11.5. The molecule has 0 radical (unpaired) electrons. The topological polar surface area (TPSA) is 46.6 Å². The third kappa shape index (κ3) is 2.92. The van der Waals surface area contributed by atoms with Crippen LogP contribution in [0, 0.1) is 13.8 Å². The summed E-state index contributed by atoms with van der Waals surface area (Å²) >= 11 is 0. The summed E-state index contributed by atoms with van der Waals surface area (Å²) in [5.74, 6) is 0.0635. The quantitative estimate of drug-likeness (QED) is 0.814. The molecular weight excluding hydrogens is 302 g/mol. The van der Waals surface area contributed by atoms with Crippen LogP contribution in [0.3, 0.4) is 0 Å². The minimum absolute atomic E-state index is 0.0183. The van der Waals surface area contributed by atoms with E-state index < -0.39 is 0 Å². The molecule has 1 fully saturated rings. The molecule has 4 heteroatoms. The Morgan fingerprint density at radius 1 is 1.04 bits per heavy atom. The monoisotopic (exact) mass is 323 g/mol. The van der Waals surface area contributed by atoms with E-state index in [-0.39, 0.29) is 11.9 Å². The highest BCUT2D eigenvalue weighted by molar-refractivity contribution is 5.98. The highest BCUT2D eigenvalue weighted by Gasteiger charge is 2.32. The van der Waals surface area contributed by atoms with E-state index in [0.29, 0.717) is 17.0 Å². The maximum Gasteiger partial charge on any atom is 0.338 e. The molecule has 0 N–H and O–H groups in total. The molecule has 24 heavy (non-hydrogen) atoms. The number of rotatable bonds is 3. The Kier molecular flexibility index (Phi) is 4.38. The van der Waals surface area contributed by atoms with Crippen molar-refractivity contribution in [2.24, 2.45) is 0 Å². The third-order valence-electron chi connectivity index (χ3n) is 4.61. The van der Waals surface area contributed by atoms with Crippen LogP contribution in [0.4, 0.5) is 0 Å². The number of hydrogen-bond donors (Lipinski definition) is 0. The largest absolute Gasteiger partial charge is 0.465 e. The van der Waals surface area contributed by atoms with Crippen LogP contribution in [0.2, 0.25) is 0 Å². The summed E-state index contributed by atoms with van der Waals surface area (Å²) in [6.45, 7) is 5.14. The van der Waals surface area contributed by atoms with E-state index in [1.54, 1.807) is 12.1 Å². The molecule has 2 aromatic rings. The van der Waals surface area contributed by atoms with Crippen molar-refractivity contribution in [1.82, 2.24) is 4.90 Å². The van der Waals surface area contributed by atoms with E-state index in [0.717, 1.165) is 24.2 Å². The van der Waals surface area contributed by atoms with Crippen molar-refractivity contribution >= 4 is 11.9 Å². The summed E-state index contributed by atoms with van der Waals surface area (Å²) in [5, 5.41) is 0.